The number of rotatable bonds is 5. The van der Waals surface area contributed by atoms with Gasteiger partial charge in [-0.2, -0.15) is 0 Å². The number of carboxylic acid groups (broad SMARTS) is 1. The van der Waals surface area contributed by atoms with E-state index in [1.54, 1.807) is 26.0 Å². The van der Waals surface area contributed by atoms with E-state index in [2.05, 4.69) is 5.32 Å². The number of hydrogen-bond acceptors (Lipinski definition) is 4. The molecule has 1 aromatic rings. The van der Waals surface area contributed by atoms with Gasteiger partial charge in [-0.15, -0.1) is 0 Å². The summed E-state index contributed by atoms with van der Waals surface area (Å²) >= 11 is 0. The molecule has 7 heteroatoms. The van der Waals surface area contributed by atoms with Gasteiger partial charge in [0.1, 0.15) is 6.54 Å². The van der Waals surface area contributed by atoms with E-state index in [1.807, 2.05) is 6.07 Å². The summed E-state index contributed by atoms with van der Waals surface area (Å²) in [7, 11) is -3.91. The summed E-state index contributed by atoms with van der Waals surface area (Å²) in [6, 6.07) is 5.12. The lowest BCUT2D eigenvalue weighted by molar-refractivity contribution is -0.138. The summed E-state index contributed by atoms with van der Waals surface area (Å²) in [5.74, 6) is -1.91. The number of sulfone groups is 1. The molecule has 1 aliphatic carbocycles. The Morgan fingerprint density at radius 2 is 1.83 bits per heavy atom. The molecule has 2 N–H and O–H groups in total. The Morgan fingerprint density at radius 3 is 2.39 bits per heavy atom. The van der Waals surface area contributed by atoms with Crippen molar-refractivity contribution in [1.82, 2.24) is 5.32 Å². The van der Waals surface area contributed by atoms with Gasteiger partial charge in [0.05, 0.1) is 4.90 Å². The van der Waals surface area contributed by atoms with Crippen molar-refractivity contribution in [3.05, 3.63) is 29.3 Å². The van der Waals surface area contributed by atoms with Crippen LogP contribution in [0.1, 0.15) is 36.8 Å². The number of hydrogen-bond donors (Lipinski definition) is 2. The normalized spacial score (nSPS) is 17.0. The lowest BCUT2D eigenvalue weighted by Crippen LogP contribution is -2.51. The molecule has 0 unspecified atom stereocenters. The van der Waals surface area contributed by atoms with Crippen molar-refractivity contribution in [2.45, 2.75) is 49.2 Å². The molecule has 1 fully saturated rings. The molecule has 0 heterocycles. The lowest BCUT2D eigenvalue weighted by atomic mass is 10.1. The third kappa shape index (κ3) is 3.10. The Kier molecular flexibility index (Phi) is 4.79. The fourth-order valence-electron chi connectivity index (χ4n) is 3.09. The molecule has 1 amide bonds. The van der Waals surface area contributed by atoms with E-state index in [4.69, 9.17) is 5.11 Å². The predicted molar refractivity (Wildman–Crippen MR) is 84.9 cm³/mol. The van der Waals surface area contributed by atoms with Crippen molar-refractivity contribution in [3.8, 4) is 0 Å². The van der Waals surface area contributed by atoms with E-state index in [1.165, 1.54) is 0 Å². The van der Waals surface area contributed by atoms with Gasteiger partial charge in [0.2, 0.25) is 5.91 Å². The van der Waals surface area contributed by atoms with Crippen molar-refractivity contribution in [2.75, 3.05) is 6.54 Å². The van der Waals surface area contributed by atoms with Gasteiger partial charge in [-0.3, -0.25) is 9.59 Å². The topological polar surface area (TPSA) is 101 Å². The van der Waals surface area contributed by atoms with E-state index >= 15 is 0 Å². The minimum atomic E-state index is -3.91. The highest BCUT2D eigenvalue weighted by atomic mass is 32.2. The van der Waals surface area contributed by atoms with Gasteiger partial charge >= 0.3 is 5.97 Å². The predicted octanol–water partition coefficient (Wildman–Crippen LogP) is 1.59. The summed E-state index contributed by atoms with van der Waals surface area (Å²) in [6.07, 6.45) is 1.69. The summed E-state index contributed by atoms with van der Waals surface area (Å²) in [6.45, 7) is 2.91. The second kappa shape index (κ2) is 6.31. The second-order valence-electron chi connectivity index (χ2n) is 6.05. The van der Waals surface area contributed by atoms with Crippen molar-refractivity contribution in [2.24, 2.45) is 0 Å². The van der Waals surface area contributed by atoms with Crippen molar-refractivity contribution >= 4 is 21.7 Å². The first-order chi connectivity index (χ1) is 10.7. The molecule has 0 spiro atoms. The molecule has 23 heavy (non-hydrogen) atoms. The molecule has 0 aliphatic heterocycles. The first-order valence-corrected chi connectivity index (χ1v) is 9.01. The van der Waals surface area contributed by atoms with Gasteiger partial charge in [-0.1, -0.05) is 25.0 Å². The van der Waals surface area contributed by atoms with Gasteiger partial charge in [0.15, 0.2) is 14.6 Å². The van der Waals surface area contributed by atoms with Crippen LogP contribution in [0, 0.1) is 13.8 Å². The molecule has 126 valence electrons. The molecule has 0 atom stereocenters. The Bertz CT molecular complexity index is 733. The molecule has 0 aromatic heterocycles. The third-order valence-corrected chi connectivity index (χ3v) is 7.01. The molecule has 2 rings (SSSR count). The molecule has 0 saturated heterocycles. The van der Waals surface area contributed by atoms with Crippen LogP contribution >= 0.6 is 0 Å². The van der Waals surface area contributed by atoms with Crippen LogP contribution in [-0.2, 0) is 19.4 Å². The molecule has 0 radical (unpaired) electrons. The molecule has 1 saturated carbocycles. The zero-order valence-corrected chi connectivity index (χ0v) is 14.1. The average molecular weight is 339 g/mol. The minimum Gasteiger partial charge on any atom is -0.480 e. The van der Waals surface area contributed by atoms with Crippen LogP contribution < -0.4 is 5.32 Å². The van der Waals surface area contributed by atoms with E-state index < -0.39 is 33.0 Å². The maximum atomic E-state index is 13.2. The molecule has 1 aliphatic rings. The maximum Gasteiger partial charge on any atom is 0.322 e. The SMILES string of the molecule is Cc1ccc(C)c(S(=O)(=O)C2(C(=O)NCC(=O)O)CCCC2)c1. The maximum absolute atomic E-state index is 13.2. The van der Waals surface area contributed by atoms with Crippen LogP contribution in [0.2, 0.25) is 0 Å². The largest absolute Gasteiger partial charge is 0.480 e. The van der Waals surface area contributed by atoms with Gasteiger partial charge in [-0.25, -0.2) is 8.42 Å². The van der Waals surface area contributed by atoms with Crippen molar-refractivity contribution in [1.29, 1.82) is 0 Å². The smallest absolute Gasteiger partial charge is 0.322 e. The Morgan fingerprint density at radius 1 is 1.22 bits per heavy atom. The van der Waals surface area contributed by atoms with Gasteiger partial charge < -0.3 is 10.4 Å². The third-order valence-electron chi connectivity index (χ3n) is 4.37. The Hall–Kier alpha value is -1.89. The summed E-state index contributed by atoms with van der Waals surface area (Å²) < 4.78 is 24.8. The van der Waals surface area contributed by atoms with Crippen molar-refractivity contribution < 1.29 is 23.1 Å². The van der Waals surface area contributed by atoms with E-state index in [0.29, 0.717) is 18.4 Å². The van der Waals surface area contributed by atoms with E-state index in [-0.39, 0.29) is 17.7 Å². The zero-order valence-electron chi connectivity index (χ0n) is 13.3. The summed E-state index contributed by atoms with van der Waals surface area (Å²) in [5, 5.41) is 11.0. The monoisotopic (exact) mass is 339 g/mol. The first-order valence-electron chi connectivity index (χ1n) is 7.53. The molecule has 0 bridgehead atoms. The van der Waals surface area contributed by atoms with Crippen LogP contribution in [0.15, 0.2) is 23.1 Å². The first kappa shape index (κ1) is 17.5. The molecular weight excluding hydrogens is 318 g/mol. The number of aryl methyl sites for hydroxylation is 2. The van der Waals surface area contributed by atoms with Crippen LogP contribution in [0.4, 0.5) is 0 Å². The number of nitrogens with one attached hydrogen (secondary N) is 1. The van der Waals surface area contributed by atoms with E-state index in [9.17, 15) is 18.0 Å². The second-order valence-corrected chi connectivity index (χ2v) is 8.28. The molecular formula is C16H21NO5S. The van der Waals surface area contributed by atoms with E-state index in [0.717, 1.165) is 5.56 Å². The number of carbonyl (C=O) groups is 2. The fourth-order valence-corrected chi connectivity index (χ4v) is 5.48. The molecule has 1 aromatic carbocycles. The summed E-state index contributed by atoms with van der Waals surface area (Å²) in [4.78, 5) is 23.4. The highest BCUT2D eigenvalue weighted by Crippen LogP contribution is 2.41. The van der Waals surface area contributed by atoms with Gasteiger partial charge in [0, 0.05) is 0 Å². The number of amides is 1. The summed E-state index contributed by atoms with van der Waals surface area (Å²) in [5.41, 5.74) is 1.39. The highest BCUT2D eigenvalue weighted by molar-refractivity contribution is 7.93. The number of aliphatic carboxylic acids is 1. The number of benzene rings is 1. The average Bonchev–Trinajstić information content (AvgIpc) is 2.98. The highest BCUT2D eigenvalue weighted by Gasteiger charge is 2.53. The van der Waals surface area contributed by atoms with Crippen LogP contribution in [0.3, 0.4) is 0 Å². The number of carbonyl (C=O) groups excluding carboxylic acids is 1. The van der Waals surface area contributed by atoms with Gasteiger partial charge in [0.25, 0.3) is 0 Å². The zero-order chi connectivity index (χ0) is 17.3. The standard InChI is InChI=1S/C16H21NO5S/c1-11-5-6-12(2)13(9-11)23(21,22)16(7-3-4-8-16)15(20)17-10-14(18)19/h5-6,9H,3-4,7-8,10H2,1-2H3,(H,17,20)(H,18,19). The Labute approximate surface area is 135 Å². The minimum absolute atomic E-state index is 0.157. The molecule has 6 nitrogen and oxygen atoms in total. The fraction of sp³-hybridized carbons (Fsp3) is 0.500. The quantitative estimate of drug-likeness (QED) is 0.848. The van der Waals surface area contributed by atoms with Crippen LogP contribution in [0.5, 0.6) is 0 Å². The van der Waals surface area contributed by atoms with Crippen molar-refractivity contribution in [3.63, 3.8) is 0 Å². The van der Waals surface area contributed by atoms with Gasteiger partial charge in [-0.05, 0) is 43.9 Å². The number of carboxylic acids is 1. The van der Waals surface area contributed by atoms with Crippen LogP contribution in [0.25, 0.3) is 0 Å². The Balaban J connectivity index is 2.49. The lowest BCUT2D eigenvalue weighted by Gasteiger charge is -2.28. The van der Waals surface area contributed by atoms with Crippen LogP contribution in [-0.4, -0.2) is 36.7 Å².